The fourth-order valence-electron chi connectivity index (χ4n) is 1.68. The third kappa shape index (κ3) is 2.80. The first kappa shape index (κ1) is 14.9. The lowest BCUT2D eigenvalue weighted by Crippen LogP contribution is -2.36. The standard InChI is InChI=1S/C12H16N4O2S2/c1-12(2,20(3,17)18)8-16-10(14-15-11(16)19)9-4-6-13-7-5-9/h4-7H,8H2,1-3H3,(H,15,19). The fourth-order valence-corrected chi connectivity index (χ4v) is 2.24. The van der Waals surface area contributed by atoms with Crippen molar-refractivity contribution in [2.24, 2.45) is 0 Å². The summed E-state index contributed by atoms with van der Waals surface area (Å²) in [7, 11) is -3.22. The Kier molecular flexibility index (Phi) is 3.79. The molecule has 6 nitrogen and oxygen atoms in total. The molecule has 2 aromatic rings. The van der Waals surface area contributed by atoms with Gasteiger partial charge in [-0.1, -0.05) is 0 Å². The highest BCUT2D eigenvalue weighted by Gasteiger charge is 2.32. The van der Waals surface area contributed by atoms with Crippen LogP contribution in [0.5, 0.6) is 0 Å². The van der Waals surface area contributed by atoms with E-state index >= 15 is 0 Å². The molecule has 0 saturated heterocycles. The van der Waals surface area contributed by atoms with Crippen molar-refractivity contribution < 1.29 is 8.42 Å². The molecule has 20 heavy (non-hydrogen) atoms. The van der Waals surface area contributed by atoms with E-state index in [1.54, 1.807) is 42.9 Å². The van der Waals surface area contributed by atoms with Gasteiger partial charge in [0, 0.05) is 30.8 Å². The highest BCUT2D eigenvalue weighted by Crippen LogP contribution is 2.22. The van der Waals surface area contributed by atoms with Crippen LogP contribution in [0.2, 0.25) is 0 Å². The molecule has 108 valence electrons. The molecule has 1 N–H and O–H groups in total. The van der Waals surface area contributed by atoms with Gasteiger partial charge >= 0.3 is 0 Å². The van der Waals surface area contributed by atoms with Crippen LogP contribution < -0.4 is 0 Å². The van der Waals surface area contributed by atoms with Crippen LogP contribution in [0, 0.1) is 4.77 Å². The van der Waals surface area contributed by atoms with Crippen LogP contribution in [0.15, 0.2) is 24.5 Å². The molecule has 2 heterocycles. The first-order valence-corrected chi connectivity index (χ1v) is 8.27. The Hall–Kier alpha value is -1.54. The average molecular weight is 312 g/mol. The van der Waals surface area contributed by atoms with Crippen LogP contribution in [0.1, 0.15) is 13.8 Å². The van der Waals surface area contributed by atoms with E-state index in [0.29, 0.717) is 10.6 Å². The summed E-state index contributed by atoms with van der Waals surface area (Å²) in [6.07, 6.45) is 4.53. The second-order valence-electron chi connectivity index (χ2n) is 5.21. The zero-order chi connectivity index (χ0) is 15.0. The van der Waals surface area contributed by atoms with E-state index in [4.69, 9.17) is 12.2 Å². The van der Waals surface area contributed by atoms with Gasteiger partial charge in [0.15, 0.2) is 20.4 Å². The molecule has 0 spiro atoms. The molecule has 0 saturated carbocycles. The van der Waals surface area contributed by atoms with Gasteiger partial charge in [0.1, 0.15) is 0 Å². The van der Waals surface area contributed by atoms with Gasteiger partial charge in [-0.3, -0.25) is 14.6 Å². The lowest BCUT2D eigenvalue weighted by atomic mass is 10.2. The summed E-state index contributed by atoms with van der Waals surface area (Å²) >= 11 is 5.20. The number of rotatable bonds is 4. The summed E-state index contributed by atoms with van der Waals surface area (Å²) in [5, 5.41) is 6.89. The van der Waals surface area contributed by atoms with Crippen molar-refractivity contribution in [3.63, 3.8) is 0 Å². The maximum Gasteiger partial charge on any atom is 0.195 e. The predicted molar refractivity (Wildman–Crippen MR) is 79.6 cm³/mol. The fraction of sp³-hybridized carbons (Fsp3) is 0.417. The minimum absolute atomic E-state index is 0.235. The quantitative estimate of drug-likeness (QED) is 0.871. The maximum absolute atomic E-state index is 11.9. The van der Waals surface area contributed by atoms with E-state index in [1.165, 1.54) is 6.26 Å². The van der Waals surface area contributed by atoms with E-state index < -0.39 is 14.6 Å². The highest BCUT2D eigenvalue weighted by atomic mass is 32.2. The third-order valence-electron chi connectivity index (χ3n) is 3.24. The molecule has 0 atom stereocenters. The Morgan fingerprint density at radius 3 is 2.50 bits per heavy atom. The number of nitrogens with zero attached hydrogens (tertiary/aromatic N) is 3. The number of nitrogens with one attached hydrogen (secondary N) is 1. The van der Waals surface area contributed by atoms with Gasteiger partial charge in [-0.05, 0) is 38.2 Å². The van der Waals surface area contributed by atoms with Gasteiger partial charge in [-0.2, -0.15) is 5.10 Å². The van der Waals surface area contributed by atoms with Gasteiger partial charge in [0.05, 0.1) is 4.75 Å². The van der Waals surface area contributed by atoms with Crippen molar-refractivity contribution in [3.8, 4) is 11.4 Å². The minimum Gasteiger partial charge on any atom is -0.299 e. The molecule has 0 aliphatic carbocycles. The number of hydrogen-bond donors (Lipinski definition) is 1. The van der Waals surface area contributed by atoms with E-state index in [0.717, 1.165) is 5.56 Å². The topological polar surface area (TPSA) is 80.6 Å². The van der Waals surface area contributed by atoms with Crippen molar-refractivity contribution in [1.82, 2.24) is 19.7 Å². The third-order valence-corrected chi connectivity index (χ3v) is 5.69. The smallest absolute Gasteiger partial charge is 0.195 e. The molecule has 2 aromatic heterocycles. The second-order valence-corrected chi connectivity index (χ2v) is 8.24. The van der Waals surface area contributed by atoms with Crippen LogP contribution in [0.4, 0.5) is 0 Å². The molecular formula is C12H16N4O2S2. The zero-order valence-electron chi connectivity index (χ0n) is 11.5. The molecule has 0 radical (unpaired) electrons. The largest absolute Gasteiger partial charge is 0.299 e. The number of aromatic nitrogens is 4. The van der Waals surface area contributed by atoms with Crippen LogP contribution >= 0.6 is 12.2 Å². The molecule has 0 bridgehead atoms. The number of H-pyrrole nitrogens is 1. The molecular weight excluding hydrogens is 296 g/mol. The van der Waals surface area contributed by atoms with Gasteiger partial charge in [-0.15, -0.1) is 0 Å². The SMILES string of the molecule is CC(C)(Cn1c(-c2ccncc2)n[nH]c1=S)S(C)(=O)=O. The molecule has 0 aliphatic rings. The lowest BCUT2D eigenvalue weighted by molar-refractivity contribution is 0.502. The van der Waals surface area contributed by atoms with E-state index in [9.17, 15) is 8.42 Å². The summed E-state index contributed by atoms with van der Waals surface area (Å²) in [5.41, 5.74) is 0.830. The van der Waals surface area contributed by atoms with Gasteiger partial charge in [0.2, 0.25) is 0 Å². The van der Waals surface area contributed by atoms with Crippen LogP contribution in [0.25, 0.3) is 11.4 Å². The van der Waals surface area contributed by atoms with Crippen molar-refractivity contribution >= 4 is 22.1 Å². The first-order valence-electron chi connectivity index (χ1n) is 5.97. The van der Waals surface area contributed by atoms with Crippen molar-refractivity contribution in [1.29, 1.82) is 0 Å². The summed E-state index contributed by atoms with van der Waals surface area (Å²) < 4.78 is 24.9. The molecule has 0 aliphatic heterocycles. The number of sulfone groups is 1. The van der Waals surface area contributed by atoms with Gasteiger partial charge in [0.25, 0.3) is 0 Å². The maximum atomic E-state index is 11.9. The van der Waals surface area contributed by atoms with Crippen LogP contribution in [-0.2, 0) is 16.4 Å². The number of hydrogen-bond acceptors (Lipinski definition) is 5. The summed E-state index contributed by atoms with van der Waals surface area (Å²) in [6, 6.07) is 3.60. The second kappa shape index (κ2) is 5.10. The Morgan fingerprint density at radius 1 is 1.35 bits per heavy atom. The van der Waals surface area contributed by atoms with Gasteiger partial charge in [-0.25, -0.2) is 8.42 Å². The van der Waals surface area contributed by atoms with Crippen molar-refractivity contribution in [2.75, 3.05) is 6.26 Å². The average Bonchev–Trinajstić information content (AvgIpc) is 2.70. The van der Waals surface area contributed by atoms with Crippen LogP contribution in [0.3, 0.4) is 0 Å². The molecule has 0 unspecified atom stereocenters. The van der Waals surface area contributed by atoms with E-state index in [2.05, 4.69) is 15.2 Å². The Labute approximate surface area is 122 Å². The van der Waals surface area contributed by atoms with E-state index in [1.807, 2.05) is 0 Å². The lowest BCUT2D eigenvalue weighted by Gasteiger charge is -2.23. The Bertz CT molecular complexity index is 760. The predicted octanol–water partition coefficient (Wildman–Crippen LogP) is 1.83. The molecule has 2 rings (SSSR count). The number of aromatic amines is 1. The summed E-state index contributed by atoms with van der Waals surface area (Å²) in [5.74, 6) is 0.606. The van der Waals surface area contributed by atoms with Gasteiger partial charge < -0.3 is 0 Å². The zero-order valence-corrected chi connectivity index (χ0v) is 13.1. The molecule has 0 aromatic carbocycles. The van der Waals surface area contributed by atoms with Crippen LogP contribution in [-0.4, -0.2) is 39.2 Å². The minimum atomic E-state index is -3.22. The monoisotopic (exact) mass is 312 g/mol. The normalized spacial score (nSPS) is 12.6. The first-order chi connectivity index (χ1) is 9.22. The summed E-state index contributed by atoms with van der Waals surface area (Å²) in [6.45, 7) is 3.58. The Morgan fingerprint density at radius 2 is 1.95 bits per heavy atom. The summed E-state index contributed by atoms with van der Waals surface area (Å²) in [4.78, 5) is 3.95. The number of pyridine rings is 1. The molecule has 0 amide bonds. The Balaban J connectivity index is 2.50. The molecule has 0 fully saturated rings. The van der Waals surface area contributed by atoms with E-state index in [-0.39, 0.29) is 6.54 Å². The van der Waals surface area contributed by atoms with Crippen molar-refractivity contribution in [2.45, 2.75) is 25.1 Å². The molecule has 8 heteroatoms. The van der Waals surface area contributed by atoms with Crippen molar-refractivity contribution in [3.05, 3.63) is 29.3 Å². The highest BCUT2D eigenvalue weighted by molar-refractivity contribution is 7.92.